The number of sulfone groups is 1. The molecule has 0 aliphatic heterocycles. The molecule has 1 N–H and O–H groups in total. The van der Waals surface area contributed by atoms with Gasteiger partial charge in [0.25, 0.3) is 0 Å². The molecule has 120 valence electrons. The van der Waals surface area contributed by atoms with Crippen molar-refractivity contribution in [3.8, 4) is 6.07 Å². The van der Waals surface area contributed by atoms with Crippen molar-refractivity contribution in [3.63, 3.8) is 0 Å². The van der Waals surface area contributed by atoms with Gasteiger partial charge in [0.15, 0.2) is 0 Å². The normalized spacial score (nSPS) is 11.3. The Hall–Kier alpha value is -3.18. The van der Waals surface area contributed by atoms with Crippen LogP contribution in [0.2, 0.25) is 0 Å². The minimum Gasteiger partial charge on any atom is -0.478 e. The van der Waals surface area contributed by atoms with Gasteiger partial charge < -0.3 is 5.11 Å². The molecule has 3 aromatic rings. The molecule has 0 aliphatic carbocycles. The lowest BCUT2D eigenvalue weighted by atomic mass is 10.2. The lowest BCUT2D eigenvalue weighted by Gasteiger charge is -2.09. The van der Waals surface area contributed by atoms with Crippen LogP contribution >= 0.6 is 0 Å². The number of aromatic nitrogens is 2. The zero-order chi connectivity index (χ0) is 17.5. The van der Waals surface area contributed by atoms with Crippen molar-refractivity contribution >= 4 is 21.3 Å². The monoisotopic (exact) mass is 341 g/mol. The van der Waals surface area contributed by atoms with E-state index in [4.69, 9.17) is 0 Å². The second kappa shape index (κ2) is 5.47. The highest BCUT2D eigenvalue weighted by molar-refractivity contribution is 7.91. The van der Waals surface area contributed by atoms with E-state index in [0.717, 1.165) is 6.20 Å². The number of hydrogen-bond donors (Lipinski definition) is 1. The Balaban J connectivity index is 2.47. The zero-order valence-electron chi connectivity index (χ0n) is 12.5. The number of hydrogen-bond acceptors (Lipinski definition) is 5. The van der Waals surface area contributed by atoms with Gasteiger partial charge in [0.05, 0.1) is 27.7 Å². The summed E-state index contributed by atoms with van der Waals surface area (Å²) in [4.78, 5) is 11.1. The number of carboxylic acids is 1. The largest absolute Gasteiger partial charge is 0.478 e. The van der Waals surface area contributed by atoms with E-state index in [-0.39, 0.29) is 32.0 Å². The topological polar surface area (TPSA) is 113 Å². The third-order valence-electron chi connectivity index (χ3n) is 3.68. The highest BCUT2D eigenvalue weighted by atomic mass is 32.2. The Labute approximate surface area is 137 Å². The summed E-state index contributed by atoms with van der Waals surface area (Å²) in [6.07, 6.45) is 2.35. The van der Waals surface area contributed by atoms with Crippen molar-refractivity contribution in [3.05, 3.63) is 59.4 Å². The van der Waals surface area contributed by atoms with Crippen LogP contribution in [0.3, 0.4) is 0 Å². The maximum absolute atomic E-state index is 13.0. The first-order chi connectivity index (χ1) is 11.4. The predicted molar refractivity (Wildman–Crippen MR) is 83.5 cm³/mol. The van der Waals surface area contributed by atoms with E-state index in [0.29, 0.717) is 0 Å². The number of nitriles is 1. The number of carboxylic acid groups (broad SMARTS) is 1. The minimum absolute atomic E-state index is 0.0204. The van der Waals surface area contributed by atoms with E-state index >= 15 is 0 Å². The van der Waals surface area contributed by atoms with Crippen LogP contribution in [0.4, 0.5) is 0 Å². The SMILES string of the molecule is Cc1c(C(=O)O)cn2ncc(C#N)c(S(=O)(=O)c3ccccc3)c12. The van der Waals surface area contributed by atoms with Crippen LogP contribution < -0.4 is 0 Å². The van der Waals surface area contributed by atoms with Gasteiger partial charge in [-0.15, -0.1) is 0 Å². The molecule has 0 saturated carbocycles. The number of rotatable bonds is 3. The van der Waals surface area contributed by atoms with Crippen LogP contribution in [0, 0.1) is 18.3 Å². The van der Waals surface area contributed by atoms with Crippen molar-refractivity contribution in [2.24, 2.45) is 0 Å². The van der Waals surface area contributed by atoms with E-state index in [1.807, 2.05) is 6.07 Å². The Morgan fingerprint density at radius 1 is 1.29 bits per heavy atom. The Bertz CT molecular complexity index is 1110. The van der Waals surface area contributed by atoms with Crippen LogP contribution in [-0.4, -0.2) is 29.1 Å². The molecular weight excluding hydrogens is 330 g/mol. The molecule has 0 radical (unpaired) electrons. The van der Waals surface area contributed by atoms with E-state index in [2.05, 4.69) is 5.10 Å². The maximum Gasteiger partial charge on any atom is 0.337 e. The minimum atomic E-state index is -4.02. The van der Waals surface area contributed by atoms with E-state index in [1.54, 1.807) is 18.2 Å². The molecule has 0 fully saturated rings. The second-order valence-electron chi connectivity index (χ2n) is 5.08. The number of benzene rings is 1. The lowest BCUT2D eigenvalue weighted by Crippen LogP contribution is -2.08. The summed E-state index contributed by atoms with van der Waals surface area (Å²) in [7, 11) is -4.02. The number of aromatic carboxylic acids is 1. The second-order valence-corrected chi connectivity index (χ2v) is 6.97. The molecule has 24 heavy (non-hydrogen) atoms. The molecule has 0 spiro atoms. The average Bonchev–Trinajstić information content (AvgIpc) is 2.92. The number of carbonyl (C=O) groups is 1. The van der Waals surface area contributed by atoms with Gasteiger partial charge in [-0.1, -0.05) is 18.2 Å². The van der Waals surface area contributed by atoms with Gasteiger partial charge in [0, 0.05) is 6.20 Å². The summed E-state index contributed by atoms with van der Waals surface area (Å²) in [5.41, 5.74) is 0.128. The maximum atomic E-state index is 13.0. The van der Waals surface area contributed by atoms with Crippen LogP contribution in [0.25, 0.3) is 5.52 Å². The first-order valence-electron chi connectivity index (χ1n) is 6.82. The molecule has 0 bridgehead atoms. The van der Waals surface area contributed by atoms with Crippen LogP contribution in [0.15, 0.2) is 52.5 Å². The van der Waals surface area contributed by atoms with Gasteiger partial charge in [0.2, 0.25) is 9.84 Å². The van der Waals surface area contributed by atoms with Gasteiger partial charge >= 0.3 is 5.97 Å². The van der Waals surface area contributed by atoms with Crippen molar-refractivity contribution in [1.29, 1.82) is 5.26 Å². The third kappa shape index (κ3) is 2.23. The van der Waals surface area contributed by atoms with Gasteiger partial charge in [-0.3, -0.25) is 0 Å². The van der Waals surface area contributed by atoms with Crippen molar-refractivity contribution in [2.45, 2.75) is 16.7 Å². The molecule has 8 heteroatoms. The van der Waals surface area contributed by atoms with Gasteiger partial charge in [-0.25, -0.2) is 17.7 Å². The summed E-state index contributed by atoms with van der Waals surface area (Å²) in [6, 6.07) is 9.49. The Kier molecular flexibility index (Phi) is 3.58. The number of aryl methyl sites for hydroxylation is 1. The molecule has 0 unspecified atom stereocenters. The molecule has 2 heterocycles. The van der Waals surface area contributed by atoms with Crippen LogP contribution in [-0.2, 0) is 9.84 Å². The van der Waals surface area contributed by atoms with E-state index < -0.39 is 15.8 Å². The molecule has 0 aliphatic rings. The summed E-state index contributed by atoms with van der Waals surface area (Å²) < 4.78 is 27.2. The third-order valence-corrected chi connectivity index (χ3v) is 5.53. The molecule has 1 aromatic carbocycles. The first kappa shape index (κ1) is 15.7. The average molecular weight is 341 g/mol. The standard InChI is InChI=1S/C16H11N3O4S/c1-10-13(16(20)21)9-19-14(10)15(11(7-17)8-18-19)24(22,23)12-5-3-2-4-6-12/h2-6,8-9H,1H3,(H,20,21). The smallest absolute Gasteiger partial charge is 0.337 e. The molecule has 2 aromatic heterocycles. The Morgan fingerprint density at radius 3 is 2.54 bits per heavy atom. The Morgan fingerprint density at radius 2 is 1.96 bits per heavy atom. The van der Waals surface area contributed by atoms with Crippen molar-refractivity contribution in [1.82, 2.24) is 9.61 Å². The summed E-state index contributed by atoms with van der Waals surface area (Å²) in [6.45, 7) is 1.49. The van der Waals surface area contributed by atoms with E-state index in [1.165, 1.54) is 29.8 Å². The summed E-state index contributed by atoms with van der Waals surface area (Å²) in [5.74, 6) is -1.19. The van der Waals surface area contributed by atoms with E-state index in [9.17, 15) is 23.6 Å². The number of nitrogens with zero attached hydrogens (tertiary/aromatic N) is 3. The summed E-state index contributed by atoms with van der Waals surface area (Å²) >= 11 is 0. The lowest BCUT2D eigenvalue weighted by molar-refractivity contribution is 0.0696. The highest BCUT2D eigenvalue weighted by Crippen LogP contribution is 2.31. The van der Waals surface area contributed by atoms with Gasteiger partial charge in [0.1, 0.15) is 11.0 Å². The fourth-order valence-corrected chi connectivity index (χ4v) is 4.18. The molecule has 0 atom stereocenters. The predicted octanol–water partition coefficient (Wildman–Crippen LogP) is 2.05. The first-order valence-corrected chi connectivity index (χ1v) is 8.30. The van der Waals surface area contributed by atoms with Crippen LogP contribution in [0.1, 0.15) is 21.5 Å². The molecule has 0 amide bonds. The van der Waals surface area contributed by atoms with Crippen LogP contribution in [0.5, 0.6) is 0 Å². The van der Waals surface area contributed by atoms with Crippen molar-refractivity contribution in [2.75, 3.05) is 0 Å². The zero-order valence-corrected chi connectivity index (χ0v) is 13.3. The number of fused-ring (bicyclic) bond motifs is 1. The molecule has 7 nitrogen and oxygen atoms in total. The highest BCUT2D eigenvalue weighted by Gasteiger charge is 2.28. The molecule has 3 rings (SSSR count). The summed E-state index contributed by atoms with van der Waals surface area (Å²) in [5, 5.41) is 22.5. The quantitative estimate of drug-likeness (QED) is 0.780. The van der Waals surface area contributed by atoms with Crippen molar-refractivity contribution < 1.29 is 18.3 Å². The molecule has 0 saturated heterocycles. The van der Waals surface area contributed by atoms with Gasteiger partial charge in [-0.05, 0) is 24.6 Å². The van der Waals surface area contributed by atoms with Gasteiger partial charge in [-0.2, -0.15) is 10.4 Å². The fourth-order valence-electron chi connectivity index (χ4n) is 2.54. The molecular formula is C16H11N3O4S. The fraction of sp³-hybridized carbons (Fsp3) is 0.0625.